The Labute approximate surface area is 102 Å². The third-order valence-electron chi connectivity index (χ3n) is 2.06. The van der Waals surface area contributed by atoms with Crippen molar-refractivity contribution in [3.8, 4) is 0 Å². The van der Waals surface area contributed by atoms with Crippen LogP contribution in [-0.2, 0) is 6.42 Å². The number of imidazole rings is 1. The van der Waals surface area contributed by atoms with E-state index in [2.05, 4.69) is 25.3 Å². The van der Waals surface area contributed by atoms with Gasteiger partial charge in [-0.25, -0.2) is 15.0 Å². The molecule has 1 amide bonds. The van der Waals surface area contributed by atoms with Crippen LogP contribution in [0.2, 0.25) is 5.15 Å². The molecule has 2 aromatic rings. The van der Waals surface area contributed by atoms with Gasteiger partial charge in [-0.15, -0.1) is 0 Å². The van der Waals surface area contributed by atoms with Crippen molar-refractivity contribution in [2.45, 2.75) is 6.42 Å². The number of aromatic amines is 1. The van der Waals surface area contributed by atoms with E-state index in [-0.39, 0.29) is 16.8 Å². The quantitative estimate of drug-likeness (QED) is 0.843. The summed E-state index contributed by atoms with van der Waals surface area (Å²) in [5, 5.41) is 2.97. The molecule has 2 heterocycles. The predicted octanol–water partition coefficient (Wildman–Crippen LogP) is 0.826. The normalized spacial score (nSPS) is 10.2. The molecule has 0 unspecified atom stereocenters. The van der Waals surface area contributed by atoms with Crippen molar-refractivity contribution in [3.63, 3.8) is 0 Å². The number of hydrogen-bond donors (Lipinski definition) is 2. The summed E-state index contributed by atoms with van der Waals surface area (Å²) in [5.74, 6) is 0.549. The van der Waals surface area contributed by atoms with Gasteiger partial charge in [-0.05, 0) is 0 Å². The molecule has 2 aromatic heterocycles. The molecular weight excluding hydrogens is 242 g/mol. The molecule has 0 fully saturated rings. The molecule has 0 aliphatic carbocycles. The van der Waals surface area contributed by atoms with E-state index in [1.807, 2.05) is 0 Å². The van der Waals surface area contributed by atoms with Gasteiger partial charge in [0.1, 0.15) is 16.7 Å². The average Bonchev–Trinajstić information content (AvgIpc) is 2.83. The average molecular weight is 252 g/mol. The number of carbonyl (C=O) groups excluding carboxylic acids is 1. The van der Waals surface area contributed by atoms with Gasteiger partial charge in [-0.1, -0.05) is 11.6 Å². The topological polar surface area (TPSA) is 83.6 Å². The Hall–Kier alpha value is -1.95. The zero-order valence-electron chi connectivity index (χ0n) is 8.85. The van der Waals surface area contributed by atoms with Crippen LogP contribution < -0.4 is 5.32 Å². The van der Waals surface area contributed by atoms with E-state index < -0.39 is 0 Å². The molecule has 2 rings (SSSR count). The van der Waals surface area contributed by atoms with Crippen molar-refractivity contribution in [2.24, 2.45) is 0 Å². The second-order valence-electron chi connectivity index (χ2n) is 3.27. The first-order valence-corrected chi connectivity index (χ1v) is 5.37. The zero-order valence-corrected chi connectivity index (χ0v) is 9.61. The van der Waals surface area contributed by atoms with E-state index in [9.17, 15) is 4.79 Å². The molecular formula is C10H10ClN5O. The molecule has 0 aliphatic rings. The first-order valence-electron chi connectivity index (χ1n) is 4.99. The van der Waals surface area contributed by atoms with E-state index in [1.54, 1.807) is 12.4 Å². The highest BCUT2D eigenvalue weighted by molar-refractivity contribution is 6.29. The van der Waals surface area contributed by atoms with Gasteiger partial charge >= 0.3 is 0 Å². The molecule has 2 N–H and O–H groups in total. The number of nitrogens with zero attached hydrogens (tertiary/aromatic N) is 3. The monoisotopic (exact) mass is 251 g/mol. The molecule has 0 spiro atoms. The molecule has 17 heavy (non-hydrogen) atoms. The van der Waals surface area contributed by atoms with Gasteiger partial charge in [0.25, 0.3) is 5.91 Å². The highest BCUT2D eigenvalue weighted by Gasteiger charge is 2.07. The van der Waals surface area contributed by atoms with Crippen LogP contribution in [0, 0.1) is 0 Å². The largest absolute Gasteiger partial charge is 0.350 e. The lowest BCUT2D eigenvalue weighted by atomic mass is 10.3. The van der Waals surface area contributed by atoms with Crippen LogP contribution in [0.4, 0.5) is 0 Å². The molecule has 0 bridgehead atoms. The van der Waals surface area contributed by atoms with E-state index in [1.165, 1.54) is 12.4 Å². The van der Waals surface area contributed by atoms with Crippen molar-refractivity contribution < 1.29 is 4.79 Å². The Morgan fingerprint density at radius 2 is 2.24 bits per heavy atom. The molecule has 6 nitrogen and oxygen atoms in total. The number of halogens is 1. The molecule has 0 radical (unpaired) electrons. The first kappa shape index (κ1) is 11.5. The van der Waals surface area contributed by atoms with Crippen LogP contribution >= 0.6 is 11.6 Å². The fourth-order valence-corrected chi connectivity index (χ4v) is 1.35. The van der Waals surface area contributed by atoms with Crippen molar-refractivity contribution in [3.05, 3.63) is 41.5 Å². The van der Waals surface area contributed by atoms with Crippen LogP contribution in [0.25, 0.3) is 0 Å². The fraction of sp³-hybridized carbons (Fsp3) is 0.200. The first-order chi connectivity index (χ1) is 8.25. The number of nitrogens with one attached hydrogen (secondary N) is 2. The van der Waals surface area contributed by atoms with E-state index in [0.717, 1.165) is 5.82 Å². The minimum atomic E-state index is -0.277. The third kappa shape index (κ3) is 3.25. The van der Waals surface area contributed by atoms with Crippen molar-refractivity contribution in [1.29, 1.82) is 0 Å². The van der Waals surface area contributed by atoms with Crippen LogP contribution in [0.1, 0.15) is 16.3 Å². The van der Waals surface area contributed by atoms with Crippen LogP contribution in [0.3, 0.4) is 0 Å². The molecule has 0 aromatic carbocycles. The van der Waals surface area contributed by atoms with Gasteiger partial charge in [0, 0.05) is 25.4 Å². The van der Waals surface area contributed by atoms with E-state index in [4.69, 9.17) is 11.6 Å². The van der Waals surface area contributed by atoms with Crippen LogP contribution in [0.5, 0.6) is 0 Å². The van der Waals surface area contributed by atoms with Gasteiger partial charge in [-0.2, -0.15) is 0 Å². The summed E-state index contributed by atoms with van der Waals surface area (Å²) in [4.78, 5) is 26.2. The van der Waals surface area contributed by atoms with Gasteiger partial charge < -0.3 is 10.3 Å². The molecule has 0 aliphatic heterocycles. The summed E-state index contributed by atoms with van der Waals surface area (Å²) in [7, 11) is 0. The van der Waals surface area contributed by atoms with Crippen LogP contribution in [-0.4, -0.2) is 32.4 Å². The van der Waals surface area contributed by atoms with Crippen molar-refractivity contribution in [1.82, 2.24) is 25.3 Å². The summed E-state index contributed by atoms with van der Waals surface area (Å²) in [6, 6.07) is 0. The number of aromatic nitrogens is 4. The minimum absolute atomic E-state index is 0.244. The number of hydrogen-bond acceptors (Lipinski definition) is 4. The van der Waals surface area contributed by atoms with Gasteiger partial charge in [0.05, 0.1) is 12.4 Å². The van der Waals surface area contributed by atoms with Gasteiger partial charge in [0.15, 0.2) is 0 Å². The summed E-state index contributed by atoms with van der Waals surface area (Å²) in [6.07, 6.45) is 6.72. The molecule has 7 heteroatoms. The second-order valence-corrected chi connectivity index (χ2v) is 3.65. The maximum atomic E-state index is 11.6. The molecule has 0 saturated heterocycles. The Morgan fingerprint density at radius 1 is 1.35 bits per heavy atom. The van der Waals surface area contributed by atoms with Gasteiger partial charge in [0.2, 0.25) is 0 Å². The Bertz CT molecular complexity index is 482. The van der Waals surface area contributed by atoms with Crippen molar-refractivity contribution >= 4 is 17.5 Å². The summed E-state index contributed by atoms with van der Waals surface area (Å²) in [6.45, 7) is 0.483. The summed E-state index contributed by atoms with van der Waals surface area (Å²) >= 11 is 5.57. The van der Waals surface area contributed by atoms with E-state index >= 15 is 0 Å². The zero-order chi connectivity index (χ0) is 12.1. The third-order valence-corrected chi connectivity index (χ3v) is 2.25. The maximum absolute atomic E-state index is 11.6. The second kappa shape index (κ2) is 5.40. The SMILES string of the molecule is O=C(NCCc1ncc[nH]1)c1cnc(Cl)cn1. The lowest BCUT2D eigenvalue weighted by Crippen LogP contribution is -2.26. The lowest BCUT2D eigenvalue weighted by Gasteiger charge is -2.02. The van der Waals surface area contributed by atoms with Crippen LogP contribution in [0.15, 0.2) is 24.8 Å². The maximum Gasteiger partial charge on any atom is 0.271 e. The van der Waals surface area contributed by atoms with Crippen molar-refractivity contribution in [2.75, 3.05) is 6.54 Å². The summed E-state index contributed by atoms with van der Waals surface area (Å²) < 4.78 is 0. The lowest BCUT2D eigenvalue weighted by molar-refractivity contribution is 0.0948. The molecule has 88 valence electrons. The summed E-state index contributed by atoms with van der Waals surface area (Å²) in [5.41, 5.74) is 0.244. The Kier molecular flexibility index (Phi) is 3.66. The smallest absolute Gasteiger partial charge is 0.271 e. The Balaban J connectivity index is 1.83. The Morgan fingerprint density at radius 3 is 2.88 bits per heavy atom. The highest BCUT2D eigenvalue weighted by Crippen LogP contribution is 2.01. The van der Waals surface area contributed by atoms with Gasteiger partial charge in [-0.3, -0.25) is 4.79 Å². The number of H-pyrrole nitrogens is 1. The number of carbonyl (C=O) groups is 1. The van der Waals surface area contributed by atoms with E-state index in [0.29, 0.717) is 13.0 Å². The number of amides is 1. The predicted molar refractivity (Wildman–Crippen MR) is 61.7 cm³/mol. The fourth-order valence-electron chi connectivity index (χ4n) is 1.25. The standard InChI is InChI=1S/C10H10ClN5O/c11-8-6-15-7(5-16-8)10(17)14-2-1-9-12-3-4-13-9/h3-6H,1-2H2,(H,12,13)(H,14,17). The highest BCUT2D eigenvalue weighted by atomic mass is 35.5. The molecule has 0 atom stereocenters. The number of rotatable bonds is 4. The minimum Gasteiger partial charge on any atom is -0.350 e. The molecule has 0 saturated carbocycles.